The van der Waals surface area contributed by atoms with Gasteiger partial charge in [-0.05, 0) is 63.1 Å². The van der Waals surface area contributed by atoms with E-state index in [-0.39, 0.29) is 5.91 Å². The monoisotopic (exact) mass is 406 g/mol. The number of carbonyl (C=O) groups is 1. The first-order valence-corrected chi connectivity index (χ1v) is 7.11. The van der Waals surface area contributed by atoms with Crippen LogP contribution in [0.2, 0.25) is 0 Å². The van der Waals surface area contributed by atoms with Crippen molar-refractivity contribution in [3.8, 4) is 6.07 Å². The summed E-state index contributed by atoms with van der Waals surface area (Å²) in [6.45, 7) is 1.98. The van der Waals surface area contributed by atoms with Crippen LogP contribution in [0, 0.1) is 14.9 Å². The Labute approximate surface area is 123 Å². The molecular formula is C12H12BrIN2O. The predicted molar refractivity (Wildman–Crippen MR) is 78.6 cm³/mol. The molecule has 1 unspecified atom stereocenters. The molecule has 0 spiro atoms. The van der Waals surface area contributed by atoms with Crippen molar-refractivity contribution >= 4 is 44.4 Å². The summed E-state index contributed by atoms with van der Waals surface area (Å²) in [4.78, 5) is 12.0. The van der Waals surface area contributed by atoms with Crippen LogP contribution in [-0.4, -0.2) is 11.9 Å². The second-order valence-corrected chi connectivity index (χ2v) is 5.67. The lowest BCUT2D eigenvalue weighted by Gasteiger charge is -2.11. The number of benzene rings is 1. The molecule has 1 rings (SSSR count). The van der Waals surface area contributed by atoms with Gasteiger partial charge in [-0.1, -0.05) is 13.3 Å². The molecule has 1 atom stereocenters. The first kappa shape index (κ1) is 14.5. The fraction of sp³-hybridized carbons (Fsp3) is 0.333. The summed E-state index contributed by atoms with van der Waals surface area (Å²) < 4.78 is 1.73. The molecule has 5 heteroatoms. The van der Waals surface area contributed by atoms with Crippen LogP contribution in [0.5, 0.6) is 0 Å². The van der Waals surface area contributed by atoms with E-state index in [2.05, 4.69) is 49.9 Å². The molecular weight excluding hydrogens is 395 g/mol. The first-order valence-electron chi connectivity index (χ1n) is 5.24. The van der Waals surface area contributed by atoms with Crippen LogP contribution in [-0.2, 0) is 0 Å². The van der Waals surface area contributed by atoms with Crippen molar-refractivity contribution < 1.29 is 4.79 Å². The minimum absolute atomic E-state index is 0.213. The smallest absolute Gasteiger partial charge is 0.253 e. The maximum Gasteiger partial charge on any atom is 0.253 e. The number of amides is 1. The molecule has 0 bridgehead atoms. The molecule has 1 aromatic carbocycles. The van der Waals surface area contributed by atoms with Gasteiger partial charge >= 0.3 is 0 Å². The highest BCUT2D eigenvalue weighted by molar-refractivity contribution is 14.1. The third-order valence-electron chi connectivity index (χ3n) is 2.21. The maximum absolute atomic E-state index is 12.0. The lowest BCUT2D eigenvalue weighted by atomic mass is 10.1. The highest BCUT2D eigenvalue weighted by Crippen LogP contribution is 2.19. The second kappa shape index (κ2) is 6.97. The Hall–Kier alpha value is -0.610. The Bertz CT molecular complexity index is 456. The van der Waals surface area contributed by atoms with Gasteiger partial charge in [0.2, 0.25) is 0 Å². The molecule has 90 valence electrons. The Morgan fingerprint density at radius 1 is 1.65 bits per heavy atom. The average molecular weight is 407 g/mol. The molecule has 0 aliphatic carbocycles. The van der Waals surface area contributed by atoms with Gasteiger partial charge in [-0.25, -0.2) is 0 Å². The summed E-state index contributed by atoms with van der Waals surface area (Å²) in [5.74, 6) is -0.213. The van der Waals surface area contributed by atoms with Crippen LogP contribution < -0.4 is 5.32 Å². The van der Waals surface area contributed by atoms with E-state index in [0.717, 1.165) is 14.5 Å². The summed E-state index contributed by atoms with van der Waals surface area (Å²) in [6.07, 6.45) is 1.54. The summed E-state index contributed by atoms with van der Waals surface area (Å²) in [5.41, 5.74) is 0.563. The molecule has 0 aliphatic rings. The number of halogens is 2. The Morgan fingerprint density at radius 3 is 2.94 bits per heavy atom. The SMILES string of the molecule is CCCC(C#N)NC(=O)c1cc(I)ccc1Br. The summed E-state index contributed by atoms with van der Waals surface area (Å²) >= 11 is 5.48. The molecule has 0 fully saturated rings. The van der Waals surface area contributed by atoms with Crippen LogP contribution in [0.3, 0.4) is 0 Å². The number of carbonyl (C=O) groups excluding carboxylic acids is 1. The van der Waals surface area contributed by atoms with Gasteiger partial charge in [-0.3, -0.25) is 4.79 Å². The molecule has 0 aromatic heterocycles. The zero-order valence-corrected chi connectivity index (χ0v) is 13.1. The molecule has 0 heterocycles. The lowest BCUT2D eigenvalue weighted by molar-refractivity contribution is 0.0943. The molecule has 3 nitrogen and oxygen atoms in total. The van der Waals surface area contributed by atoms with Crippen molar-refractivity contribution in [3.05, 3.63) is 31.8 Å². The van der Waals surface area contributed by atoms with Crippen LogP contribution in [0.15, 0.2) is 22.7 Å². The van der Waals surface area contributed by atoms with E-state index in [4.69, 9.17) is 5.26 Å². The summed E-state index contributed by atoms with van der Waals surface area (Å²) in [7, 11) is 0. The molecule has 0 radical (unpaired) electrons. The Kier molecular flexibility index (Phi) is 5.92. The van der Waals surface area contributed by atoms with Crippen LogP contribution in [0.4, 0.5) is 0 Å². The van der Waals surface area contributed by atoms with Crippen molar-refractivity contribution in [2.45, 2.75) is 25.8 Å². The van der Waals surface area contributed by atoms with Gasteiger partial charge in [0.25, 0.3) is 5.91 Å². The van der Waals surface area contributed by atoms with Gasteiger partial charge in [0, 0.05) is 8.04 Å². The van der Waals surface area contributed by atoms with Crippen LogP contribution >= 0.6 is 38.5 Å². The summed E-state index contributed by atoms with van der Waals surface area (Å²) in [6, 6.07) is 7.20. The second-order valence-electron chi connectivity index (χ2n) is 3.57. The number of hydrogen-bond acceptors (Lipinski definition) is 2. The quantitative estimate of drug-likeness (QED) is 0.778. The van der Waals surface area contributed by atoms with Crippen molar-refractivity contribution in [2.75, 3.05) is 0 Å². The Morgan fingerprint density at radius 2 is 2.35 bits per heavy atom. The van der Waals surface area contributed by atoms with Crippen molar-refractivity contribution in [2.24, 2.45) is 0 Å². The molecule has 0 saturated carbocycles. The van der Waals surface area contributed by atoms with Gasteiger partial charge in [0.05, 0.1) is 11.6 Å². The van der Waals surface area contributed by atoms with E-state index in [9.17, 15) is 4.79 Å². The number of hydrogen-bond donors (Lipinski definition) is 1. The van der Waals surface area contributed by atoms with E-state index < -0.39 is 6.04 Å². The van der Waals surface area contributed by atoms with E-state index >= 15 is 0 Å². The third kappa shape index (κ3) is 4.28. The number of nitrogens with zero attached hydrogens (tertiary/aromatic N) is 1. The zero-order valence-electron chi connectivity index (χ0n) is 9.34. The standard InChI is InChI=1S/C12H12BrIN2O/c1-2-3-9(7-15)16-12(17)10-6-8(14)4-5-11(10)13/h4-6,9H,2-3H2,1H3,(H,16,17). The maximum atomic E-state index is 12.0. The van der Waals surface area contributed by atoms with Gasteiger partial charge in [-0.15, -0.1) is 0 Å². The van der Waals surface area contributed by atoms with Gasteiger partial charge in [-0.2, -0.15) is 5.26 Å². The van der Waals surface area contributed by atoms with E-state index in [1.54, 1.807) is 6.07 Å². The van der Waals surface area contributed by atoms with Crippen molar-refractivity contribution in [1.82, 2.24) is 5.32 Å². The lowest BCUT2D eigenvalue weighted by Crippen LogP contribution is -2.33. The number of rotatable bonds is 4. The highest BCUT2D eigenvalue weighted by Gasteiger charge is 2.14. The highest BCUT2D eigenvalue weighted by atomic mass is 127. The largest absolute Gasteiger partial charge is 0.336 e. The molecule has 1 amide bonds. The van der Waals surface area contributed by atoms with E-state index in [0.29, 0.717) is 12.0 Å². The Balaban J connectivity index is 2.83. The minimum Gasteiger partial charge on any atom is -0.336 e. The summed E-state index contributed by atoms with van der Waals surface area (Å²) in [5, 5.41) is 11.6. The molecule has 0 saturated heterocycles. The molecule has 1 aromatic rings. The van der Waals surface area contributed by atoms with E-state index in [1.807, 2.05) is 19.1 Å². The normalized spacial score (nSPS) is 11.6. The third-order valence-corrected chi connectivity index (χ3v) is 3.57. The van der Waals surface area contributed by atoms with Crippen LogP contribution in [0.1, 0.15) is 30.1 Å². The minimum atomic E-state index is -0.419. The molecule has 1 N–H and O–H groups in total. The number of nitriles is 1. The van der Waals surface area contributed by atoms with Crippen LogP contribution in [0.25, 0.3) is 0 Å². The topological polar surface area (TPSA) is 52.9 Å². The molecule has 17 heavy (non-hydrogen) atoms. The van der Waals surface area contributed by atoms with Crippen molar-refractivity contribution in [1.29, 1.82) is 5.26 Å². The fourth-order valence-electron chi connectivity index (χ4n) is 1.37. The zero-order chi connectivity index (χ0) is 12.8. The first-order chi connectivity index (χ1) is 8.08. The molecule has 0 aliphatic heterocycles. The average Bonchev–Trinajstić information content (AvgIpc) is 2.31. The predicted octanol–water partition coefficient (Wildman–Crippen LogP) is 3.48. The van der Waals surface area contributed by atoms with Gasteiger partial charge in [0.15, 0.2) is 0 Å². The van der Waals surface area contributed by atoms with Gasteiger partial charge < -0.3 is 5.32 Å². The van der Waals surface area contributed by atoms with E-state index in [1.165, 1.54) is 0 Å². The van der Waals surface area contributed by atoms with Crippen molar-refractivity contribution in [3.63, 3.8) is 0 Å². The number of nitrogens with one attached hydrogen (secondary N) is 1. The van der Waals surface area contributed by atoms with Gasteiger partial charge in [0.1, 0.15) is 6.04 Å². The fourth-order valence-corrected chi connectivity index (χ4v) is 2.28.